The Morgan fingerprint density at radius 3 is 2.68 bits per heavy atom. The van der Waals surface area contributed by atoms with Gasteiger partial charge >= 0.3 is 5.97 Å². The first-order valence-electron chi connectivity index (χ1n) is 5.34. The molecule has 0 radical (unpaired) electrons. The van der Waals surface area contributed by atoms with Crippen molar-refractivity contribution in [3.05, 3.63) is 28.5 Å². The van der Waals surface area contributed by atoms with E-state index in [9.17, 15) is 13.8 Å². The van der Waals surface area contributed by atoms with Crippen LogP contribution < -0.4 is 5.32 Å². The maximum atomic E-state index is 11.8. The zero-order valence-electron chi connectivity index (χ0n) is 10.1. The molecule has 0 aromatic carbocycles. The first-order valence-corrected chi connectivity index (χ1v) is 7.62. The molecule has 0 aliphatic carbocycles. The fraction of sp³-hybridized carbons (Fsp3) is 0.364. The van der Waals surface area contributed by atoms with Crippen molar-refractivity contribution in [1.82, 2.24) is 10.3 Å². The van der Waals surface area contributed by atoms with Gasteiger partial charge in [-0.1, -0.05) is 0 Å². The number of halogens is 1. The van der Waals surface area contributed by atoms with Crippen molar-refractivity contribution in [3.8, 4) is 0 Å². The van der Waals surface area contributed by atoms with Gasteiger partial charge in [0.15, 0.2) is 0 Å². The summed E-state index contributed by atoms with van der Waals surface area (Å²) >= 11 is 3.23. The molecule has 8 heteroatoms. The number of amides is 1. The van der Waals surface area contributed by atoms with Crippen LogP contribution in [0.2, 0.25) is 0 Å². The highest BCUT2D eigenvalue weighted by Crippen LogP contribution is 2.09. The van der Waals surface area contributed by atoms with E-state index in [2.05, 4.69) is 26.2 Å². The largest absolute Gasteiger partial charge is 0.480 e. The number of carboxylic acid groups (broad SMARTS) is 1. The molecule has 2 N–H and O–H groups in total. The summed E-state index contributed by atoms with van der Waals surface area (Å²) in [5.74, 6) is -1.66. The molecule has 0 aliphatic rings. The molecular formula is C11H13BrN2O4S. The van der Waals surface area contributed by atoms with Crippen molar-refractivity contribution in [2.45, 2.75) is 18.7 Å². The normalized spacial score (nSPS) is 13.6. The SMILES string of the molecule is CC(=O)NC(CS(=O)Cc1ccc(Br)cn1)C(=O)O. The molecule has 0 fully saturated rings. The van der Waals surface area contributed by atoms with E-state index in [1.807, 2.05) is 0 Å². The van der Waals surface area contributed by atoms with E-state index < -0.39 is 28.7 Å². The number of nitrogens with zero attached hydrogens (tertiary/aromatic N) is 1. The van der Waals surface area contributed by atoms with E-state index >= 15 is 0 Å². The smallest absolute Gasteiger partial charge is 0.327 e. The minimum atomic E-state index is -1.42. The summed E-state index contributed by atoms with van der Waals surface area (Å²) in [5, 5.41) is 11.1. The predicted octanol–water partition coefficient (Wildman–Crippen LogP) is 0.682. The number of hydrogen-bond donors (Lipinski definition) is 2. The van der Waals surface area contributed by atoms with Crippen molar-refractivity contribution < 1.29 is 18.9 Å². The monoisotopic (exact) mass is 348 g/mol. The van der Waals surface area contributed by atoms with Crippen molar-refractivity contribution >= 4 is 38.6 Å². The second-order valence-electron chi connectivity index (χ2n) is 3.81. The van der Waals surface area contributed by atoms with Gasteiger partial charge in [-0.2, -0.15) is 0 Å². The molecule has 1 rings (SSSR count). The van der Waals surface area contributed by atoms with Gasteiger partial charge in [-0.05, 0) is 28.1 Å². The Hall–Kier alpha value is -1.28. The molecule has 0 saturated heterocycles. The van der Waals surface area contributed by atoms with E-state index in [1.165, 1.54) is 6.92 Å². The Morgan fingerprint density at radius 1 is 1.53 bits per heavy atom. The number of rotatable bonds is 6. The van der Waals surface area contributed by atoms with Gasteiger partial charge in [0.1, 0.15) is 6.04 Å². The lowest BCUT2D eigenvalue weighted by Crippen LogP contribution is -2.43. The second-order valence-corrected chi connectivity index (χ2v) is 6.23. The van der Waals surface area contributed by atoms with Gasteiger partial charge in [-0.15, -0.1) is 0 Å². The van der Waals surface area contributed by atoms with Crippen molar-refractivity contribution in [2.75, 3.05) is 5.75 Å². The van der Waals surface area contributed by atoms with Gasteiger partial charge in [0.05, 0.1) is 17.2 Å². The number of carbonyl (C=O) groups is 2. The summed E-state index contributed by atoms with van der Waals surface area (Å²) in [4.78, 5) is 25.8. The van der Waals surface area contributed by atoms with Crippen LogP contribution in [0.15, 0.2) is 22.8 Å². The van der Waals surface area contributed by atoms with Crippen LogP contribution in [0.4, 0.5) is 0 Å². The van der Waals surface area contributed by atoms with E-state index in [0.29, 0.717) is 5.69 Å². The summed E-state index contributed by atoms with van der Waals surface area (Å²) in [6.45, 7) is 1.22. The molecule has 2 unspecified atom stereocenters. The van der Waals surface area contributed by atoms with Crippen molar-refractivity contribution in [2.24, 2.45) is 0 Å². The Balaban J connectivity index is 2.59. The molecule has 1 amide bonds. The fourth-order valence-electron chi connectivity index (χ4n) is 1.32. The molecule has 1 aromatic heterocycles. The van der Waals surface area contributed by atoms with Gasteiger partial charge in [0, 0.05) is 28.4 Å². The lowest BCUT2D eigenvalue weighted by atomic mass is 10.3. The lowest BCUT2D eigenvalue weighted by molar-refractivity contribution is -0.140. The predicted molar refractivity (Wildman–Crippen MR) is 73.9 cm³/mol. The zero-order valence-corrected chi connectivity index (χ0v) is 12.5. The van der Waals surface area contributed by atoms with Gasteiger partial charge in [0.2, 0.25) is 5.91 Å². The number of carbonyl (C=O) groups excluding carboxylic acids is 1. The minimum Gasteiger partial charge on any atom is -0.480 e. The highest BCUT2D eigenvalue weighted by molar-refractivity contribution is 9.10. The number of aliphatic carboxylic acids is 1. The number of hydrogen-bond acceptors (Lipinski definition) is 4. The fourth-order valence-corrected chi connectivity index (χ4v) is 2.77. The van der Waals surface area contributed by atoms with Crippen LogP contribution in [0, 0.1) is 0 Å². The lowest BCUT2D eigenvalue weighted by Gasteiger charge is -2.12. The zero-order chi connectivity index (χ0) is 14.4. The molecule has 0 bridgehead atoms. The van der Waals surface area contributed by atoms with E-state index in [1.54, 1.807) is 18.3 Å². The van der Waals surface area contributed by atoms with Crippen LogP contribution in [0.5, 0.6) is 0 Å². The summed E-state index contributed by atoms with van der Waals surface area (Å²) in [6, 6.07) is 2.33. The summed E-state index contributed by atoms with van der Waals surface area (Å²) < 4.78 is 12.6. The molecule has 19 heavy (non-hydrogen) atoms. The minimum absolute atomic E-state index is 0.146. The van der Waals surface area contributed by atoms with Crippen LogP contribution in [0.3, 0.4) is 0 Å². The third-order valence-corrected chi connectivity index (χ3v) is 3.92. The van der Waals surface area contributed by atoms with E-state index in [-0.39, 0.29) is 11.5 Å². The maximum absolute atomic E-state index is 11.8. The van der Waals surface area contributed by atoms with Crippen LogP contribution >= 0.6 is 15.9 Å². The van der Waals surface area contributed by atoms with E-state index in [0.717, 1.165) is 4.47 Å². The van der Waals surface area contributed by atoms with E-state index in [4.69, 9.17) is 5.11 Å². The highest BCUT2D eigenvalue weighted by Gasteiger charge is 2.21. The Labute approximate surface area is 121 Å². The molecule has 1 heterocycles. The average Bonchev–Trinajstić information content (AvgIpc) is 2.30. The number of pyridine rings is 1. The third kappa shape index (κ3) is 5.93. The standard InChI is InChI=1S/C11H13BrN2O4S/c1-7(15)14-10(11(16)17)6-19(18)5-9-3-2-8(12)4-13-9/h2-4,10H,5-6H2,1H3,(H,14,15)(H,16,17). The Kier molecular flexibility index (Phi) is 6.10. The van der Waals surface area contributed by atoms with Crippen molar-refractivity contribution in [1.29, 1.82) is 0 Å². The van der Waals surface area contributed by atoms with Crippen LogP contribution in [0.25, 0.3) is 0 Å². The highest BCUT2D eigenvalue weighted by atomic mass is 79.9. The molecule has 1 aromatic rings. The number of aromatic nitrogens is 1. The van der Waals surface area contributed by atoms with Gasteiger partial charge in [-0.25, -0.2) is 4.79 Å². The molecule has 6 nitrogen and oxygen atoms in total. The summed E-state index contributed by atoms with van der Waals surface area (Å²) in [5.41, 5.74) is 0.605. The topological polar surface area (TPSA) is 96.4 Å². The summed E-state index contributed by atoms with van der Waals surface area (Å²) in [7, 11) is -1.42. The number of nitrogens with one attached hydrogen (secondary N) is 1. The second kappa shape index (κ2) is 7.34. The first-order chi connectivity index (χ1) is 8.88. The third-order valence-electron chi connectivity index (χ3n) is 2.13. The molecule has 0 spiro atoms. The summed E-state index contributed by atoms with van der Waals surface area (Å²) in [6.07, 6.45) is 1.58. The van der Waals surface area contributed by atoms with Gasteiger partial charge < -0.3 is 10.4 Å². The molecular weight excluding hydrogens is 336 g/mol. The molecule has 0 saturated carbocycles. The van der Waals surface area contributed by atoms with Gasteiger partial charge in [0.25, 0.3) is 0 Å². The van der Waals surface area contributed by atoms with Crippen LogP contribution in [-0.2, 0) is 26.1 Å². The molecule has 0 aliphatic heterocycles. The quantitative estimate of drug-likeness (QED) is 0.787. The van der Waals surface area contributed by atoms with Crippen molar-refractivity contribution in [3.63, 3.8) is 0 Å². The van der Waals surface area contributed by atoms with Gasteiger partial charge in [-0.3, -0.25) is 14.0 Å². The molecule has 104 valence electrons. The Morgan fingerprint density at radius 2 is 2.21 bits per heavy atom. The number of carboxylic acids is 1. The van der Waals surface area contributed by atoms with Crippen LogP contribution in [0.1, 0.15) is 12.6 Å². The Bertz CT molecular complexity index is 492. The maximum Gasteiger partial charge on any atom is 0.327 e. The first kappa shape index (κ1) is 15.8. The molecule has 2 atom stereocenters. The average molecular weight is 349 g/mol. The van der Waals surface area contributed by atoms with Crippen LogP contribution in [-0.4, -0.2) is 38.0 Å².